The minimum atomic E-state index is 0.0243. The van der Waals surface area contributed by atoms with Crippen LogP contribution < -0.4 is 11.1 Å². The van der Waals surface area contributed by atoms with Crippen LogP contribution in [0, 0.1) is 12.8 Å². The second-order valence-corrected chi connectivity index (χ2v) is 5.31. The number of anilines is 1. The van der Waals surface area contributed by atoms with E-state index in [-0.39, 0.29) is 17.9 Å². The number of aryl methyl sites for hydroxylation is 1. The van der Waals surface area contributed by atoms with Crippen LogP contribution in [0.1, 0.15) is 31.2 Å². The van der Waals surface area contributed by atoms with Gasteiger partial charge >= 0.3 is 0 Å². The molecule has 0 saturated heterocycles. The van der Waals surface area contributed by atoms with Crippen molar-refractivity contribution < 1.29 is 4.79 Å². The van der Waals surface area contributed by atoms with E-state index in [0.717, 1.165) is 31.2 Å². The van der Waals surface area contributed by atoms with Crippen molar-refractivity contribution in [2.24, 2.45) is 11.7 Å². The molecule has 0 bridgehead atoms. The minimum absolute atomic E-state index is 0.0243. The molecule has 0 aliphatic heterocycles. The Balaban J connectivity index is 2.00. The van der Waals surface area contributed by atoms with Crippen molar-refractivity contribution in [3.05, 3.63) is 23.0 Å². The van der Waals surface area contributed by atoms with Crippen molar-refractivity contribution in [1.29, 1.82) is 0 Å². The predicted octanol–water partition coefficient (Wildman–Crippen LogP) is 2.50. The summed E-state index contributed by atoms with van der Waals surface area (Å²) >= 11 is 5.96. The Morgan fingerprint density at radius 3 is 2.78 bits per heavy atom. The molecule has 1 fully saturated rings. The van der Waals surface area contributed by atoms with Crippen molar-refractivity contribution in [2.75, 3.05) is 5.32 Å². The Labute approximate surface area is 112 Å². The summed E-state index contributed by atoms with van der Waals surface area (Å²) in [5.41, 5.74) is 7.40. The van der Waals surface area contributed by atoms with Gasteiger partial charge < -0.3 is 11.1 Å². The van der Waals surface area contributed by atoms with E-state index in [1.54, 1.807) is 6.20 Å². The number of nitrogens with one attached hydrogen (secondary N) is 1. The van der Waals surface area contributed by atoms with E-state index in [9.17, 15) is 4.79 Å². The van der Waals surface area contributed by atoms with E-state index in [1.165, 1.54) is 0 Å². The topological polar surface area (TPSA) is 68.0 Å². The highest BCUT2D eigenvalue weighted by molar-refractivity contribution is 6.32. The molecule has 0 atom stereocenters. The minimum Gasteiger partial charge on any atom is -0.328 e. The van der Waals surface area contributed by atoms with Crippen LogP contribution in [0.25, 0.3) is 0 Å². The van der Waals surface area contributed by atoms with Gasteiger partial charge in [-0.1, -0.05) is 11.6 Å². The molecule has 1 amide bonds. The van der Waals surface area contributed by atoms with Gasteiger partial charge in [0, 0.05) is 18.2 Å². The number of amides is 1. The first-order valence-corrected chi connectivity index (χ1v) is 6.62. The zero-order chi connectivity index (χ0) is 13.1. The number of halogens is 1. The van der Waals surface area contributed by atoms with E-state index in [0.29, 0.717) is 10.8 Å². The normalized spacial score (nSPS) is 23.7. The van der Waals surface area contributed by atoms with E-state index in [2.05, 4.69) is 10.3 Å². The molecule has 1 heterocycles. The molecule has 2 rings (SSSR count). The molecule has 1 aromatic heterocycles. The van der Waals surface area contributed by atoms with Gasteiger partial charge in [0.25, 0.3) is 0 Å². The molecule has 1 saturated carbocycles. The number of carbonyl (C=O) groups excluding carboxylic acids is 1. The lowest BCUT2D eigenvalue weighted by atomic mass is 9.86. The van der Waals surface area contributed by atoms with E-state index in [1.807, 2.05) is 13.0 Å². The van der Waals surface area contributed by atoms with Crippen molar-refractivity contribution >= 4 is 23.2 Å². The van der Waals surface area contributed by atoms with Crippen molar-refractivity contribution in [1.82, 2.24) is 4.98 Å². The molecule has 18 heavy (non-hydrogen) atoms. The maximum Gasteiger partial charge on any atom is 0.227 e. The Hall–Kier alpha value is -1.13. The summed E-state index contributed by atoms with van der Waals surface area (Å²) in [6.07, 6.45) is 5.21. The second kappa shape index (κ2) is 5.67. The zero-order valence-corrected chi connectivity index (χ0v) is 11.2. The van der Waals surface area contributed by atoms with E-state index < -0.39 is 0 Å². The fourth-order valence-electron chi connectivity index (χ4n) is 2.26. The summed E-state index contributed by atoms with van der Waals surface area (Å²) in [5, 5.41) is 3.20. The van der Waals surface area contributed by atoms with Crippen LogP contribution in [0.15, 0.2) is 12.3 Å². The van der Waals surface area contributed by atoms with Crippen LogP contribution in [-0.2, 0) is 4.79 Å². The molecule has 0 unspecified atom stereocenters. The SMILES string of the molecule is Cc1cnc(Cl)c(NC(=O)C2CCC(N)CC2)c1. The van der Waals surface area contributed by atoms with Gasteiger partial charge in [-0.2, -0.15) is 0 Å². The Bertz CT molecular complexity index is 442. The lowest BCUT2D eigenvalue weighted by Crippen LogP contribution is -2.32. The van der Waals surface area contributed by atoms with Crippen molar-refractivity contribution in [2.45, 2.75) is 38.6 Å². The molecular formula is C13H18ClN3O. The first kappa shape index (κ1) is 13.3. The van der Waals surface area contributed by atoms with Gasteiger partial charge in [0.1, 0.15) is 0 Å². The van der Waals surface area contributed by atoms with E-state index >= 15 is 0 Å². The summed E-state index contributed by atoms with van der Waals surface area (Å²) < 4.78 is 0. The number of rotatable bonds is 2. The van der Waals surface area contributed by atoms with Gasteiger partial charge in [-0.05, 0) is 44.2 Å². The molecule has 1 aliphatic carbocycles. The third-order valence-corrected chi connectivity index (χ3v) is 3.68. The number of pyridine rings is 1. The first-order chi connectivity index (χ1) is 8.56. The van der Waals surface area contributed by atoms with Gasteiger partial charge in [-0.25, -0.2) is 4.98 Å². The average Bonchev–Trinajstić information content (AvgIpc) is 2.34. The van der Waals surface area contributed by atoms with Gasteiger partial charge in [0.15, 0.2) is 5.15 Å². The molecule has 5 heteroatoms. The molecule has 1 aromatic rings. The molecule has 0 radical (unpaired) electrons. The van der Waals surface area contributed by atoms with Gasteiger partial charge in [-0.15, -0.1) is 0 Å². The third-order valence-electron chi connectivity index (χ3n) is 3.38. The smallest absolute Gasteiger partial charge is 0.227 e. The van der Waals surface area contributed by atoms with Crippen LogP contribution in [0.2, 0.25) is 5.15 Å². The number of hydrogen-bond acceptors (Lipinski definition) is 3. The third kappa shape index (κ3) is 3.21. The predicted molar refractivity (Wildman–Crippen MR) is 72.5 cm³/mol. The van der Waals surface area contributed by atoms with Crippen LogP contribution in [0.4, 0.5) is 5.69 Å². The van der Waals surface area contributed by atoms with Crippen LogP contribution >= 0.6 is 11.6 Å². The molecular weight excluding hydrogens is 250 g/mol. The zero-order valence-electron chi connectivity index (χ0n) is 10.4. The number of hydrogen-bond donors (Lipinski definition) is 2. The average molecular weight is 268 g/mol. The standard InChI is InChI=1S/C13H18ClN3O/c1-8-6-11(12(14)16-7-8)17-13(18)9-2-4-10(15)5-3-9/h6-7,9-10H,2-5,15H2,1H3,(H,17,18). The summed E-state index contributed by atoms with van der Waals surface area (Å²) in [6, 6.07) is 2.08. The highest BCUT2D eigenvalue weighted by atomic mass is 35.5. The molecule has 4 nitrogen and oxygen atoms in total. The molecule has 3 N–H and O–H groups in total. The number of carbonyl (C=O) groups is 1. The highest BCUT2D eigenvalue weighted by Gasteiger charge is 2.25. The summed E-state index contributed by atoms with van der Waals surface area (Å²) in [6.45, 7) is 1.92. The lowest BCUT2D eigenvalue weighted by molar-refractivity contribution is -0.120. The maximum absolute atomic E-state index is 12.1. The summed E-state index contributed by atoms with van der Waals surface area (Å²) in [7, 11) is 0. The summed E-state index contributed by atoms with van der Waals surface area (Å²) in [4.78, 5) is 16.1. The molecule has 0 spiro atoms. The number of aromatic nitrogens is 1. The van der Waals surface area contributed by atoms with Crippen LogP contribution in [0.3, 0.4) is 0 Å². The van der Waals surface area contributed by atoms with Crippen LogP contribution in [0.5, 0.6) is 0 Å². The number of nitrogens with two attached hydrogens (primary N) is 1. The lowest BCUT2D eigenvalue weighted by Gasteiger charge is -2.25. The van der Waals surface area contributed by atoms with Crippen LogP contribution in [-0.4, -0.2) is 16.9 Å². The van der Waals surface area contributed by atoms with Gasteiger partial charge in [0.2, 0.25) is 5.91 Å². The quantitative estimate of drug-likeness (QED) is 0.809. The molecule has 1 aliphatic rings. The highest BCUT2D eigenvalue weighted by Crippen LogP contribution is 2.26. The number of nitrogens with zero attached hydrogens (tertiary/aromatic N) is 1. The first-order valence-electron chi connectivity index (χ1n) is 6.25. The fourth-order valence-corrected chi connectivity index (χ4v) is 2.41. The fraction of sp³-hybridized carbons (Fsp3) is 0.538. The second-order valence-electron chi connectivity index (χ2n) is 4.95. The summed E-state index contributed by atoms with van der Waals surface area (Å²) in [5.74, 6) is 0.0672. The largest absolute Gasteiger partial charge is 0.328 e. The van der Waals surface area contributed by atoms with Gasteiger partial charge in [-0.3, -0.25) is 4.79 Å². The Kier molecular flexibility index (Phi) is 4.19. The molecule has 98 valence electrons. The monoisotopic (exact) mass is 267 g/mol. The molecule has 0 aromatic carbocycles. The van der Waals surface area contributed by atoms with Crippen molar-refractivity contribution in [3.63, 3.8) is 0 Å². The Morgan fingerprint density at radius 2 is 2.11 bits per heavy atom. The Morgan fingerprint density at radius 1 is 1.44 bits per heavy atom. The van der Waals surface area contributed by atoms with Crippen molar-refractivity contribution in [3.8, 4) is 0 Å². The maximum atomic E-state index is 12.1. The van der Waals surface area contributed by atoms with Gasteiger partial charge in [0.05, 0.1) is 5.69 Å². The van der Waals surface area contributed by atoms with E-state index in [4.69, 9.17) is 17.3 Å².